The van der Waals surface area contributed by atoms with Crippen LogP contribution in [0.4, 0.5) is 0 Å². The second-order valence-corrected chi connectivity index (χ2v) is 5.63. The first-order valence-electron chi connectivity index (χ1n) is 7.54. The van der Waals surface area contributed by atoms with Gasteiger partial charge in [-0.3, -0.25) is 4.98 Å². The highest BCUT2D eigenvalue weighted by atomic mass is 14.7. The lowest BCUT2D eigenvalue weighted by molar-refractivity contribution is 0.912. The van der Waals surface area contributed by atoms with E-state index < -0.39 is 0 Å². The molecule has 1 aromatic heterocycles. The summed E-state index contributed by atoms with van der Waals surface area (Å²) in [6.07, 6.45) is 5.66. The molecule has 0 unspecified atom stereocenters. The highest BCUT2D eigenvalue weighted by molar-refractivity contribution is 5.71. The maximum absolute atomic E-state index is 4.51. The topological polar surface area (TPSA) is 12.9 Å². The van der Waals surface area contributed by atoms with Crippen LogP contribution in [-0.4, -0.2) is 4.98 Å². The molecule has 102 valence electrons. The van der Waals surface area contributed by atoms with E-state index in [9.17, 15) is 0 Å². The van der Waals surface area contributed by atoms with Crippen LogP contribution in [0.1, 0.15) is 17.5 Å². The molecule has 0 N–H and O–H groups in total. The highest BCUT2D eigenvalue weighted by Gasteiger charge is 2.11. The average molecular weight is 271 g/mol. The zero-order chi connectivity index (χ0) is 14.1. The summed E-state index contributed by atoms with van der Waals surface area (Å²) in [4.78, 5) is 4.51. The Morgan fingerprint density at radius 3 is 2.38 bits per heavy atom. The van der Waals surface area contributed by atoms with Crippen LogP contribution in [-0.2, 0) is 12.8 Å². The van der Waals surface area contributed by atoms with E-state index in [0.717, 1.165) is 5.69 Å². The molecule has 2 aromatic carbocycles. The fraction of sp³-hybridized carbons (Fsp3) is 0.150. The van der Waals surface area contributed by atoms with Gasteiger partial charge in [-0.05, 0) is 53.6 Å². The van der Waals surface area contributed by atoms with Crippen LogP contribution in [0, 0.1) is 0 Å². The van der Waals surface area contributed by atoms with E-state index in [2.05, 4.69) is 59.6 Å². The first kappa shape index (κ1) is 12.3. The SMILES string of the molecule is c1ccc(-c2cc(-c3ccc4c(c3)CCC4)ccn2)cc1. The predicted molar refractivity (Wildman–Crippen MR) is 87.1 cm³/mol. The molecule has 0 radical (unpaired) electrons. The molecule has 0 saturated carbocycles. The average Bonchev–Trinajstić information content (AvgIpc) is 3.03. The van der Waals surface area contributed by atoms with Gasteiger partial charge in [-0.1, -0.05) is 48.5 Å². The number of nitrogens with zero attached hydrogens (tertiary/aromatic N) is 1. The molecule has 1 nitrogen and oxygen atoms in total. The first-order chi connectivity index (χ1) is 10.4. The number of aromatic nitrogens is 1. The second kappa shape index (κ2) is 5.17. The van der Waals surface area contributed by atoms with Gasteiger partial charge in [0, 0.05) is 11.8 Å². The normalized spacial score (nSPS) is 13.1. The third-order valence-corrected chi connectivity index (χ3v) is 4.26. The zero-order valence-electron chi connectivity index (χ0n) is 11.9. The summed E-state index contributed by atoms with van der Waals surface area (Å²) in [7, 11) is 0. The van der Waals surface area contributed by atoms with Gasteiger partial charge in [0.1, 0.15) is 0 Å². The Morgan fingerprint density at radius 2 is 1.48 bits per heavy atom. The molecular formula is C20H17N. The molecule has 0 spiro atoms. The van der Waals surface area contributed by atoms with E-state index in [1.54, 1.807) is 0 Å². The van der Waals surface area contributed by atoms with Crippen molar-refractivity contribution >= 4 is 0 Å². The van der Waals surface area contributed by atoms with Gasteiger partial charge in [-0.25, -0.2) is 0 Å². The Hall–Kier alpha value is -2.41. The number of hydrogen-bond donors (Lipinski definition) is 0. The van der Waals surface area contributed by atoms with E-state index in [4.69, 9.17) is 0 Å². The summed E-state index contributed by atoms with van der Waals surface area (Å²) in [5, 5.41) is 0. The molecule has 1 aliphatic rings. The van der Waals surface area contributed by atoms with Crippen LogP contribution >= 0.6 is 0 Å². The summed E-state index contributed by atoms with van der Waals surface area (Å²) in [6, 6.07) is 21.5. The lowest BCUT2D eigenvalue weighted by atomic mass is 10.00. The predicted octanol–water partition coefficient (Wildman–Crippen LogP) is 4.90. The van der Waals surface area contributed by atoms with Crippen molar-refractivity contribution in [3.8, 4) is 22.4 Å². The quantitative estimate of drug-likeness (QED) is 0.645. The Kier molecular flexibility index (Phi) is 3.04. The van der Waals surface area contributed by atoms with Crippen molar-refractivity contribution in [2.24, 2.45) is 0 Å². The molecule has 0 amide bonds. The van der Waals surface area contributed by atoms with Gasteiger partial charge in [-0.15, -0.1) is 0 Å². The van der Waals surface area contributed by atoms with Gasteiger partial charge in [0.25, 0.3) is 0 Å². The summed E-state index contributed by atoms with van der Waals surface area (Å²) < 4.78 is 0. The molecule has 21 heavy (non-hydrogen) atoms. The monoisotopic (exact) mass is 271 g/mol. The fourth-order valence-electron chi connectivity index (χ4n) is 3.13. The zero-order valence-corrected chi connectivity index (χ0v) is 11.9. The van der Waals surface area contributed by atoms with Crippen molar-refractivity contribution in [3.05, 3.63) is 78.0 Å². The van der Waals surface area contributed by atoms with E-state index in [1.807, 2.05) is 12.3 Å². The number of fused-ring (bicyclic) bond motifs is 1. The fourth-order valence-corrected chi connectivity index (χ4v) is 3.13. The van der Waals surface area contributed by atoms with Gasteiger partial charge >= 0.3 is 0 Å². The van der Waals surface area contributed by atoms with Crippen molar-refractivity contribution < 1.29 is 0 Å². The minimum Gasteiger partial charge on any atom is -0.256 e. The Morgan fingerprint density at radius 1 is 0.667 bits per heavy atom. The number of hydrogen-bond acceptors (Lipinski definition) is 1. The van der Waals surface area contributed by atoms with Crippen LogP contribution in [0.5, 0.6) is 0 Å². The third-order valence-electron chi connectivity index (χ3n) is 4.26. The smallest absolute Gasteiger partial charge is 0.0708 e. The summed E-state index contributed by atoms with van der Waals surface area (Å²) in [6.45, 7) is 0. The van der Waals surface area contributed by atoms with Gasteiger partial charge in [0.05, 0.1) is 5.69 Å². The van der Waals surface area contributed by atoms with E-state index in [0.29, 0.717) is 0 Å². The number of rotatable bonds is 2. The Balaban J connectivity index is 1.76. The lowest BCUT2D eigenvalue weighted by Crippen LogP contribution is -1.87. The van der Waals surface area contributed by atoms with Gasteiger partial charge in [0.15, 0.2) is 0 Å². The van der Waals surface area contributed by atoms with Crippen LogP contribution in [0.15, 0.2) is 66.9 Å². The lowest BCUT2D eigenvalue weighted by Gasteiger charge is -2.07. The molecule has 0 aliphatic heterocycles. The van der Waals surface area contributed by atoms with Crippen molar-refractivity contribution in [2.75, 3.05) is 0 Å². The maximum atomic E-state index is 4.51. The highest BCUT2D eigenvalue weighted by Crippen LogP contribution is 2.29. The maximum Gasteiger partial charge on any atom is 0.0708 e. The van der Waals surface area contributed by atoms with Crippen molar-refractivity contribution in [1.82, 2.24) is 4.98 Å². The van der Waals surface area contributed by atoms with Crippen molar-refractivity contribution in [1.29, 1.82) is 0 Å². The van der Waals surface area contributed by atoms with E-state index >= 15 is 0 Å². The summed E-state index contributed by atoms with van der Waals surface area (Å²) >= 11 is 0. The number of pyridine rings is 1. The van der Waals surface area contributed by atoms with Gasteiger partial charge in [0.2, 0.25) is 0 Å². The Bertz CT molecular complexity index is 775. The molecule has 0 fully saturated rings. The van der Waals surface area contributed by atoms with Gasteiger partial charge in [-0.2, -0.15) is 0 Å². The van der Waals surface area contributed by atoms with Crippen LogP contribution < -0.4 is 0 Å². The first-order valence-corrected chi connectivity index (χ1v) is 7.54. The van der Waals surface area contributed by atoms with Crippen LogP contribution in [0.3, 0.4) is 0 Å². The van der Waals surface area contributed by atoms with E-state index in [1.165, 1.54) is 47.1 Å². The molecule has 1 aliphatic carbocycles. The summed E-state index contributed by atoms with van der Waals surface area (Å²) in [5.41, 5.74) is 7.80. The van der Waals surface area contributed by atoms with Gasteiger partial charge < -0.3 is 0 Å². The Labute approximate surface area is 125 Å². The largest absolute Gasteiger partial charge is 0.256 e. The standard InChI is InChI=1S/C20H17N/c1-2-5-16(6-3-1)20-14-19(11-12-21-20)18-10-9-15-7-4-8-17(15)13-18/h1-3,5-6,9-14H,4,7-8H2. The molecule has 0 bridgehead atoms. The minimum absolute atomic E-state index is 1.04. The van der Waals surface area contributed by atoms with Crippen molar-refractivity contribution in [3.63, 3.8) is 0 Å². The minimum atomic E-state index is 1.04. The summed E-state index contributed by atoms with van der Waals surface area (Å²) in [5.74, 6) is 0. The molecular weight excluding hydrogens is 254 g/mol. The number of benzene rings is 2. The molecule has 3 aromatic rings. The van der Waals surface area contributed by atoms with Crippen LogP contribution in [0.25, 0.3) is 22.4 Å². The molecule has 0 atom stereocenters. The second-order valence-electron chi connectivity index (χ2n) is 5.63. The number of aryl methyl sites for hydroxylation is 2. The van der Waals surface area contributed by atoms with E-state index in [-0.39, 0.29) is 0 Å². The molecule has 1 heterocycles. The third kappa shape index (κ3) is 2.36. The van der Waals surface area contributed by atoms with Crippen molar-refractivity contribution in [2.45, 2.75) is 19.3 Å². The molecule has 1 heteroatoms. The molecule has 0 saturated heterocycles. The molecule has 4 rings (SSSR count). The van der Waals surface area contributed by atoms with Crippen LogP contribution in [0.2, 0.25) is 0 Å².